The molecule has 2 unspecified atom stereocenters. The van der Waals surface area contributed by atoms with Crippen molar-refractivity contribution >= 4 is 21.5 Å². The fourth-order valence-electron chi connectivity index (χ4n) is 3.35. The van der Waals surface area contributed by atoms with Crippen molar-refractivity contribution in [1.82, 2.24) is 0 Å². The van der Waals surface area contributed by atoms with Crippen LogP contribution < -0.4 is 9.47 Å². The number of benzene rings is 3. The molecule has 0 spiro atoms. The molecule has 0 radical (unpaired) electrons. The Hall–Kier alpha value is -2.38. The number of hydrogen-bond acceptors (Lipinski definition) is 6. The lowest BCUT2D eigenvalue weighted by Gasteiger charge is -2.20. The maximum Gasteiger partial charge on any atom is 0.135 e. The Morgan fingerprint density at radius 3 is 1.72 bits per heavy atom. The SMILES string of the molecule is Cc1ccc2c(OCC(O)CCO)c3ccccc3c(OCC(O)CCO)c2c1. The molecule has 0 amide bonds. The standard InChI is InChI=1S/C23H28O6/c1-15-6-7-20-21(12-15)23(29-14-17(27)9-11-25)19-5-3-2-4-18(19)22(20)28-13-16(26)8-10-24/h2-7,12,16-17,24-27H,8-11,13-14H2,1H3. The maximum absolute atomic E-state index is 10.0. The minimum atomic E-state index is -0.761. The monoisotopic (exact) mass is 400 g/mol. The summed E-state index contributed by atoms with van der Waals surface area (Å²) in [6.07, 6.45) is -1.02. The van der Waals surface area contributed by atoms with E-state index in [0.29, 0.717) is 11.5 Å². The van der Waals surface area contributed by atoms with Gasteiger partial charge in [-0.15, -0.1) is 0 Å². The number of fused-ring (bicyclic) bond motifs is 2. The van der Waals surface area contributed by atoms with E-state index in [1.807, 2.05) is 49.4 Å². The van der Waals surface area contributed by atoms with Crippen LogP contribution in [0.4, 0.5) is 0 Å². The van der Waals surface area contributed by atoms with Gasteiger partial charge >= 0.3 is 0 Å². The Bertz CT molecular complexity index is 955. The first kappa shape index (κ1) is 21.3. The van der Waals surface area contributed by atoms with Gasteiger partial charge in [-0.25, -0.2) is 0 Å². The van der Waals surface area contributed by atoms with Crippen molar-refractivity contribution in [1.29, 1.82) is 0 Å². The summed E-state index contributed by atoms with van der Waals surface area (Å²) >= 11 is 0. The zero-order valence-corrected chi connectivity index (χ0v) is 16.5. The Balaban J connectivity index is 2.10. The van der Waals surface area contributed by atoms with Gasteiger partial charge in [-0.05, 0) is 25.8 Å². The van der Waals surface area contributed by atoms with Crippen molar-refractivity contribution in [3.63, 3.8) is 0 Å². The second-order valence-corrected chi connectivity index (χ2v) is 7.21. The van der Waals surface area contributed by atoms with E-state index in [0.717, 1.165) is 27.1 Å². The number of aliphatic hydroxyl groups excluding tert-OH is 4. The summed E-state index contributed by atoms with van der Waals surface area (Å²) in [6.45, 7) is 1.93. The summed E-state index contributed by atoms with van der Waals surface area (Å²) in [5, 5.41) is 41.4. The minimum Gasteiger partial charge on any atom is -0.490 e. The summed E-state index contributed by atoms with van der Waals surface area (Å²) in [5.41, 5.74) is 1.06. The van der Waals surface area contributed by atoms with Gasteiger partial charge in [0, 0.05) is 34.8 Å². The molecule has 0 aliphatic rings. The third kappa shape index (κ3) is 4.97. The first-order valence-corrected chi connectivity index (χ1v) is 9.83. The Labute approximate surface area is 169 Å². The molecule has 156 valence electrons. The third-order valence-electron chi connectivity index (χ3n) is 4.85. The molecule has 0 saturated carbocycles. The number of ether oxygens (including phenoxy) is 2. The van der Waals surface area contributed by atoms with E-state index in [9.17, 15) is 10.2 Å². The Morgan fingerprint density at radius 2 is 1.21 bits per heavy atom. The van der Waals surface area contributed by atoms with E-state index in [2.05, 4.69) is 0 Å². The molecular formula is C23H28O6. The average Bonchev–Trinajstić information content (AvgIpc) is 2.71. The van der Waals surface area contributed by atoms with Gasteiger partial charge in [-0.1, -0.05) is 42.0 Å². The molecule has 3 aromatic carbocycles. The lowest BCUT2D eigenvalue weighted by Crippen LogP contribution is -2.19. The van der Waals surface area contributed by atoms with Gasteiger partial charge in [0.05, 0.1) is 12.2 Å². The first-order valence-electron chi connectivity index (χ1n) is 9.83. The van der Waals surface area contributed by atoms with Crippen LogP contribution in [0.2, 0.25) is 0 Å². The largest absolute Gasteiger partial charge is 0.490 e. The van der Waals surface area contributed by atoms with Crippen LogP contribution in [0.1, 0.15) is 18.4 Å². The summed E-state index contributed by atoms with van der Waals surface area (Å²) in [4.78, 5) is 0. The molecule has 4 N–H and O–H groups in total. The van der Waals surface area contributed by atoms with E-state index in [1.165, 1.54) is 0 Å². The van der Waals surface area contributed by atoms with Crippen LogP contribution in [0, 0.1) is 6.92 Å². The molecule has 0 aliphatic carbocycles. The molecule has 3 aromatic rings. The predicted octanol–water partition coefficient (Wildman–Crippen LogP) is 2.55. The summed E-state index contributed by atoms with van der Waals surface area (Å²) in [5.74, 6) is 1.30. The molecule has 0 saturated heterocycles. The lowest BCUT2D eigenvalue weighted by atomic mass is 9.99. The Morgan fingerprint density at radius 1 is 0.724 bits per heavy atom. The smallest absolute Gasteiger partial charge is 0.135 e. The third-order valence-corrected chi connectivity index (χ3v) is 4.85. The Kier molecular flexibility index (Phi) is 7.28. The molecule has 2 atom stereocenters. The first-order chi connectivity index (χ1) is 14.0. The highest BCUT2D eigenvalue weighted by atomic mass is 16.5. The number of hydrogen-bond donors (Lipinski definition) is 4. The molecule has 0 aliphatic heterocycles. The molecule has 0 aromatic heterocycles. The van der Waals surface area contributed by atoms with Crippen molar-refractivity contribution in [2.75, 3.05) is 26.4 Å². The van der Waals surface area contributed by atoms with Crippen LogP contribution in [0.25, 0.3) is 21.5 Å². The molecule has 29 heavy (non-hydrogen) atoms. The normalized spacial score (nSPS) is 13.6. The van der Waals surface area contributed by atoms with Gasteiger partial charge in [0.25, 0.3) is 0 Å². The van der Waals surface area contributed by atoms with Crippen molar-refractivity contribution in [2.24, 2.45) is 0 Å². The second-order valence-electron chi connectivity index (χ2n) is 7.21. The topological polar surface area (TPSA) is 99.4 Å². The van der Waals surface area contributed by atoms with E-state index in [-0.39, 0.29) is 39.3 Å². The van der Waals surface area contributed by atoms with Crippen molar-refractivity contribution in [3.05, 3.63) is 48.0 Å². The molecule has 3 rings (SSSR count). The molecule has 0 heterocycles. The number of aliphatic hydroxyl groups is 4. The van der Waals surface area contributed by atoms with E-state index < -0.39 is 12.2 Å². The molecule has 0 fully saturated rings. The lowest BCUT2D eigenvalue weighted by molar-refractivity contribution is 0.0823. The molecular weight excluding hydrogens is 372 g/mol. The zero-order valence-electron chi connectivity index (χ0n) is 16.5. The van der Waals surface area contributed by atoms with Crippen LogP contribution in [0.15, 0.2) is 42.5 Å². The summed E-state index contributed by atoms with van der Waals surface area (Å²) in [6, 6.07) is 13.6. The zero-order chi connectivity index (χ0) is 20.8. The summed E-state index contributed by atoms with van der Waals surface area (Å²) < 4.78 is 12.0. The van der Waals surface area contributed by atoms with Gasteiger partial charge < -0.3 is 29.9 Å². The van der Waals surface area contributed by atoms with Gasteiger partial charge in [0.15, 0.2) is 0 Å². The van der Waals surface area contributed by atoms with E-state index in [1.54, 1.807) is 0 Å². The van der Waals surface area contributed by atoms with Crippen LogP contribution in [-0.2, 0) is 0 Å². The highest BCUT2D eigenvalue weighted by Crippen LogP contribution is 2.43. The van der Waals surface area contributed by atoms with Crippen LogP contribution in [-0.4, -0.2) is 59.1 Å². The van der Waals surface area contributed by atoms with Crippen molar-refractivity contribution < 1.29 is 29.9 Å². The second kappa shape index (κ2) is 9.89. The van der Waals surface area contributed by atoms with Gasteiger partial charge in [0.1, 0.15) is 24.7 Å². The highest BCUT2D eigenvalue weighted by Gasteiger charge is 2.18. The molecule has 0 bridgehead atoms. The average molecular weight is 400 g/mol. The van der Waals surface area contributed by atoms with Crippen molar-refractivity contribution in [2.45, 2.75) is 32.0 Å². The number of rotatable bonds is 10. The summed E-state index contributed by atoms with van der Waals surface area (Å²) in [7, 11) is 0. The fourth-order valence-corrected chi connectivity index (χ4v) is 3.35. The molecule has 6 nitrogen and oxygen atoms in total. The van der Waals surface area contributed by atoms with E-state index in [4.69, 9.17) is 19.7 Å². The molecule has 6 heteroatoms. The van der Waals surface area contributed by atoms with Gasteiger partial charge in [0.2, 0.25) is 0 Å². The maximum atomic E-state index is 10.0. The fraction of sp³-hybridized carbons (Fsp3) is 0.391. The van der Waals surface area contributed by atoms with Crippen LogP contribution in [0.5, 0.6) is 11.5 Å². The van der Waals surface area contributed by atoms with E-state index >= 15 is 0 Å². The van der Waals surface area contributed by atoms with Gasteiger partial charge in [-0.3, -0.25) is 0 Å². The van der Waals surface area contributed by atoms with Crippen molar-refractivity contribution in [3.8, 4) is 11.5 Å². The minimum absolute atomic E-state index is 0.0724. The van der Waals surface area contributed by atoms with Crippen LogP contribution >= 0.6 is 0 Å². The highest BCUT2D eigenvalue weighted by molar-refractivity contribution is 6.11. The van der Waals surface area contributed by atoms with Crippen LogP contribution in [0.3, 0.4) is 0 Å². The van der Waals surface area contributed by atoms with Gasteiger partial charge in [-0.2, -0.15) is 0 Å². The quantitative estimate of drug-likeness (QED) is 0.391. The predicted molar refractivity (Wildman–Crippen MR) is 113 cm³/mol. The number of aryl methyl sites for hydroxylation is 1.